The Labute approximate surface area is 150 Å². The Hall–Kier alpha value is -1.19. The van der Waals surface area contributed by atoms with Crippen LogP contribution in [-0.2, 0) is 26.1 Å². The smallest absolute Gasteiger partial charge is 0.239 e. The lowest BCUT2D eigenvalue weighted by molar-refractivity contribution is -0.115. The third kappa shape index (κ3) is 9.19. The summed E-state index contributed by atoms with van der Waals surface area (Å²) in [5.41, 5.74) is 1.62. The van der Waals surface area contributed by atoms with Crippen molar-refractivity contribution in [2.75, 3.05) is 37.4 Å². The molecular formula is C15H26ClN3O4S. The molecule has 0 aliphatic rings. The number of rotatable bonds is 11. The molecule has 0 spiro atoms. The van der Waals surface area contributed by atoms with Crippen LogP contribution in [0.4, 0.5) is 5.69 Å². The van der Waals surface area contributed by atoms with Gasteiger partial charge >= 0.3 is 0 Å². The Morgan fingerprint density at radius 2 is 1.92 bits per heavy atom. The summed E-state index contributed by atoms with van der Waals surface area (Å²) in [6, 6.07) is 7.40. The van der Waals surface area contributed by atoms with Crippen LogP contribution in [0.15, 0.2) is 24.3 Å². The SMILES string of the molecule is CCNCc1ccccc1NC(=O)CNS(=O)(=O)CCOCC.Cl. The van der Waals surface area contributed by atoms with Gasteiger partial charge in [-0.25, -0.2) is 13.1 Å². The number of ether oxygens (including phenoxy) is 1. The van der Waals surface area contributed by atoms with Gasteiger partial charge in [0, 0.05) is 18.8 Å². The Morgan fingerprint density at radius 3 is 2.58 bits per heavy atom. The zero-order valence-electron chi connectivity index (χ0n) is 14.0. The highest BCUT2D eigenvalue weighted by molar-refractivity contribution is 7.89. The summed E-state index contributed by atoms with van der Waals surface area (Å²) in [4.78, 5) is 11.9. The summed E-state index contributed by atoms with van der Waals surface area (Å²) in [7, 11) is -3.51. The van der Waals surface area contributed by atoms with Crippen LogP contribution >= 0.6 is 12.4 Å². The minimum Gasteiger partial charge on any atom is -0.381 e. The van der Waals surface area contributed by atoms with Gasteiger partial charge in [-0.05, 0) is 25.1 Å². The van der Waals surface area contributed by atoms with E-state index >= 15 is 0 Å². The quantitative estimate of drug-likeness (QED) is 0.500. The van der Waals surface area contributed by atoms with Crippen molar-refractivity contribution in [3.05, 3.63) is 29.8 Å². The van der Waals surface area contributed by atoms with Gasteiger partial charge in [0.15, 0.2) is 0 Å². The van der Waals surface area contributed by atoms with E-state index in [1.807, 2.05) is 25.1 Å². The maximum atomic E-state index is 11.9. The number of carbonyl (C=O) groups excluding carboxylic acids is 1. The predicted molar refractivity (Wildman–Crippen MR) is 98.0 cm³/mol. The maximum absolute atomic E-state index is 11.9. The molecule has 1 rings (SSSR count). The van der Waals surface area contributed by atoms with E-state index < -0.39 is 15.9 Å². The molecule has 0 fully saturated rings. The number of halogens is 1. The summed E-state index contributed by atoms with van der Waals surface area (Å²) in [6.45, 7) is 5.51. The van der Waals surface area contributed by atoms with Crippen molar-refractivity contribution in [3.8, 4) is 0 Å². The summed E-state index contributed by atoms with van der Waals surface area (Å²) >= 11 is 0. The van der Waals surface area contributed by atoms with Crippen LogP contribution in [0.25, 0.3) is 0 Å². The molecule has 3 N–H and O–H groups in total. The molecule has 0 saturated heterocycles. The number of amides is 1. The van der Waals surface area contributed by atoms with Crippen molar-refractivity contribution >= 4 is 34.0 Å². The van der Waals surface area contributed by atoms with E-state index in [0.717, 1.165) is 12.1 Å². The molecule has 0 radical (unpaired) electrons. The van der Waals surface area contributed by atoms with Crippen molar-refractivity contribution in [1.82, 2.24) is 10.0 Å². The first-order valence-corrected chi connectivity index (χ1v) is 9.27. The molecule has 0 atom stereocenters. The zero-order chi connectivity index (χ0) is 17.1. The van der Waals surface area contributed by atoms with Crippen LogP contribution in [0, 0.1) is 0 Å². The van der Waals surface area contributed by atoms with Gasteiger partial charge in [0.1, 0.15) is 0 Å². The molecule has 0 aliphatic heterocycles. The topological polar surface area (TPSA) is 96.5 Å². The van der Waals surface area contributed by atoms with Gasteiger partial charge in [0.25, 0.3) is 0 Å². The average molecular weight is 380 g/mol. The van der Waals surface area contributed by atoms with Gasteiger partial charge in [0.05, 0.1) is 18.9 Å². The van der Waals surface area contributed by atoms with Gasteiger partial charge in [-0.15, -0.1) is 12.4 Å². The highest BCUT2D eigenvalue weighted by atomic mass is 35.5. The minimum atomic E-state index is -3.51. The fourth-order valence-electron chi connectivity index (χ4n) is 1.81. The molecule has 0 heterocycles. The molecule has 7 nitrogen and oxygen atoms in total. The number of para-hydroxylation sites is 1. The first-order chi connectivity index (χ1) is 11.0. The number of hydrogen-bond acceptors (Lipinski definition) is 5. The lowest BCUT2D eigenvalue weighted by Gasteiger charge is -2.12. The average Bonchev–Trinajstić information content (AvgIpc) is 2.52. The van der Waals surface area contributed by atoms with E-state index in [4.69, 9.17) is 4.74 Å². The molecular weight excluding hydrogens is 354 g/mol. The Bertz CT molecular complexity index is 596. The first-order valence-electron chi connectivity index (χ1n) is 7.62. The van der Waals surface area contributed by atoms with E-state index in [9.17, 15) is 13.2 Å². The van der Waals surface area contributed by atoms with Crippen LogP contribution in [0.5, 0.6) is 0 Å². The van der Waals surface area contributed by atoms with Crippen molar-refractivity contribution in [2.45, 2.75) is 20.4 Å². The first kappa shape index (κ1) is 22.8. The highest BCUT2D eigenvalue weighted by Gasteiger charge is 2.13. The monoisotopic (exact) mass is 379 g/mol. The zero-order valence-corrected chi connectivity index (χ0v) is 15.6. The minimum absolute atomic E-state index is 0. The lowest BCUT2D eigenvalue weighted by atomic mass is 10.1. The summed E-state index contributed by atoms with van der Waals surface area (Å²) < 4.78 is 30.6. The molecule has 138 valence electrons. The summed E-state index contributed by atoms with van der Waals surface area (Å²) in [5.74, 6) is -0.570. The van der Waals surface area contributed by atoms with Crippen molar-refractivity contribution < 1.29 is 17.9 Å². The third-order valence-corrected chi connectivity index (χ3v) is 4.30. The van der Waals surface area contributed by atoms with Crippen LogP contribution in [0.2, 0.25) is 0 Å². The molecule has 1 amide bonds. The Kier molecular flexibility index (Phi) is 11.6. The molecule has 0 bridgehead atoms. The number of benzene rings is 1. The third-order valence-electron chi connectivity index (χ3n) is 3.01. The highest BCUT2D eigenvalue weighted by Crippen LogP contribution is 2.14. The molecule has 24 heavy (non-hydrogen) atoms. The van der Waals surface area contributed by atoms with E-state index in [1.54, 1.807) is 13.0 Å². The number of anilines is 1. The van der Waals surface area contributed by atoms with E-state index in [-0.39, 0.29) is 31.3 Å². The Balaban J connectivity index is 0.00000529. The maximum Gasteiger partial charge on any atom is 0.239 e. The number of nitrogens with one attached hydrogen (secondary N) is 3. The van der Waals surface area contributed by atoms with Gasteiger partial charge in [0.2, 0.25) is 15.9 Å². The van der Waals surface area contributed by atoms with Crippen molar-refractivity contribution in [1.29, 1.82) is 0 Å². The van der Waals surface area contributed by atoms with Gasteiger partial charge < -0.3 is 15.4 Å². The summed E-state index contributed by atoms with van der Waals surface area (Å²) in [5, 5.41) is 5.91. The van der Waals surface area contributed by atoms with Crippen molar-refractivity contribution in [2.24, 2.45) is 0 Å². The van der Waals surface area contributed by atoms with Crippen LogP contribution in [0.3, 0.4) is 0 Å². The molecule has 1 aromatic carbocycles. The molecule has 1 aromatic rings. The molecule has 0 aliphatic carbocycles. The summed E-state index contributed by atoms with van der Waals surface area (Å²) in [6.07, 6.45) is 0. The fraction of sp³-hybridized carbons (Fsp3) is 0.533. The van der Waals surface area contributed by atoms with Crippen molar-refractivity contribution in [3.63, 3.8) is 0 Å². The van der Waals surface area contributed by atoms with Crippen LogP contribution in [-0.4, -0.2) is 46.4 Å². The molecule has 0 aromatic heterocycles. The second-order valence-corrected chi connectivity index (χ2v) is 6.75. The second-order valence-electron chi connectivity index (χ2n) is 4.82. The number of carbonyl (C=O) groups is 1. The van der Waals surface area contributed by atoms with Crippen LogP contribution < -0.4 is 15.4 Å². The molecule has 9 heteroatoms. The largest absolute Gasteiger partial charge is 0.381 e. The second kappa shape index (κ2) is 12.2. The van der Waals surface area contributed by atoms with E-state index in [2.05, 4.69) is 15.4 Å². The molecule has 0 saturated carbocycles. The normalized spacial score (nSPS) is 10.9. The standard InChI is InChI=1S/C15H25N3O4S.ClH/c1-3-16-11-13-7-5-6-8-14(13)18-15(19)12-17-23(20,21)10-9-22-4-2;/h5-8,16-17H,3-4,9-12H2,1-2H3,(H,18,19);1H. The number of sulfonamides is 1. The van der Waals surface area contributed by atoms with E-state index in [1.165, 1.54) is 0 Å². The van der Waals surface area contributed by atoms with Gasteiger partial charge in [-0.1, -0.05) is 25.1 Å². The molecule has 0 unspecified atom stereocenters. The Morgan fingerprint density at radius 1 is 1.21 bits per heavy atom. The van der Waals surface area contributed by atoms with Crippen LogP contribution in [0.1, 0.15) is 19.4 Å². The lowest BCUT2D eigenvalue weighted by Crippen LogP contribution is -2.35. The van der Waals surface area contributed by atoms with Gasteiger partial charge in [-0.2, -0.15) is 0 Å². The predicted octanol–water partition coefficient (Wildman–Crippen LogP) is 1.11. The number of hydrogen-bond donors (Lipinski definition) is 3. The fourth-order valence-corrected chi connectivity index (χ4v) is 2.64. The van der Waals surface area contributed by atoms with E-state index in [0.29, 0.717) is 18.8 Å². The van der Waals surface area contributed by atoms with Gasteiger partial charge in [-0.3, -0.25) is 4.79 Å².